The zero-order valence-electron chi connectivity index (χ0n) is 16.9. The molecule has 1 aromatic heterocycles. The highest BCUT2D eigenvalue weighted by molar-refractivity contribution is 6.33. The highest BCUT2D eigenvalue weighted by atomic mass is 35.5. The Morgan fingerprint density at radius 1 is 0.897 bits per heavy atom. The van der Waals surface area contributed by atoms with Crippen molar-refractivity contribution >= 4 is 22.6 Å². The van der Waals surface area contributed by atoms with Crippen molar-refractivity contribution in [1.82, 2.24) is 9.55 Å². The first-order valence-corrected chi connectivity index (χ1v) is 10.4. The van der Waals surface area contributed by atoms with Gasteiger partial charge in [-0.05, 0) is 74.2 Å². The Kier molecular flexibility index (Phi) is 5.86. The Balaban J connectivity index is 1.47. The average molecular weight is 405 g/mol. The van der Waals surface area contributed by atoms with Crippen LogP contribution in [0, 0.1) is 13.8 Å². The summed E-state index contributed by atoms with van der Waals surface area (Å²) in [5.74, 6) is 1.87. The fraction of sp³-hybridized carbons (Fsp3) is 0.240. The van der Waals surface area contributed by atoms with Crippen molar-refractivity contribution in [2.75, 3.05) is 6.61 Å². The standard InChI is InChI=1S/C25H25ClN2O/c1-18-15-19(2)17-20(16-18)29-14-8-7-13-28-24-12-6-5-11-23(24)27-25(28)21-9-3-4-10-22(21)26/h3-6,9-12,15-17H,7-8,13-14H2,1-2H3. The van der Waals surface area contributed by atoms with Gasteiger partial charge in [-0.1, -0.05) is 41.9 Å². The average Bonchev–Trinajstić information content (AvgIpc) is 3.06. The summed E-state index contributed by atoms with van der Waals surface area (Å²) in [4.78, 5) is 4.86. The summed E-state index contributed by atoms with van der Waals surface area (Å²) in [6.45, 7) is 5.77. The number of para-hydroxylation sites is 2. The number of fused-ring (bicyclic) bond motifs is 1. The molecule has 0 aliphatic rings. The van der Waals surface area contributed by atoms with Gasteiger partial charge in [0.1, 0.15) is 11.6 Å². The van der Waals surface area contributed by atoms with Crippen molar-refractivity contribution in [2.24, 2.45) is 0 Å². The zero-order valence-corrected chi connectivity index (χ0v) is 17.6. The van der Waals surface area contributed by atoms with Crippen LogP contribution >= 0.6 is 11.6 Å². The van der Waals surface area contributed by atoms with Crippen molar-refractivity contribution in [2.45, 2.75) is 33.2 Å². The molecular formula is C25H25ClN2O. The lowest BCUT2D eigenvalue weighted by Gasteiger charge is -2.11. The molecule has 0 saturated carbocycles. The second-order valence-electron chi connectivity index (χ2n) is 7.43. The van der Waals surface area contributed by atoms with Crippen molar-refractivity contribution < 1.29 is 4.74 Å². The minimum Gasteiger partial charge on any atom is -0.494 e. The highest BCUT2D eigenvalue weighted by Crippen LogP contribution is 2.30. The number of benzene rings is 3. The van der Waals surface area contributed by atoms with E-state index in [1.165, 1.54) is 11.1 Å². The molecule has 29 heavy (non-hydrogen) atoms. The first kappa shape index (κ1) is 19.5. The number of nitrogens with zero attached hydrogens (tertiary/aromatic N) is 2. The third-order valence-electron chi connectivity index (χ3n) is 5.01. The number of aryl methyl sites for hydroxylation is 3. The van der Waals surface area contributed by atoms with E-state index in [2.05, 4.69) is 54.8 Å². The maximum Gasteiger partial charge on any atom is 0.142 e. The third-order valence-corrected chi connectivity index (χ3v) is 5.34. The van der Waals surface area contributed by atoms with Gasteiger partial charge in [-0.15, -0.1) is 0 Å². The lowest BCUT2D eigenvalue weighted by Crippen LogP contribution is -2.04. The van der Waals surface area contributed by atoms with Gasteiger partial charge in [0.25, 0.3) is 0 Å². The molecule has 148 valence electrons. The van der Waals surface area contributed by atoms with Crippen LogP contribution in [0.1, 0.15) is 24.0 Å². The molecule has 4 aromatic rings. The van der Waals surface area contributed by atoms with Gasteiger partial charge in [-0.2, -0.15) is 0 Å². The molecular weight excluding hydrogens is 380 g/mol. The van der Waals surface area contributed by atoms with E-state index in [0.29, 0.717) is 6.61 Å². The SMILES string of the molecule is Cc1cc(C)cc(OCCCCn2c(-c3ccccc3Cl)nc3ccccc32)c1. The predicted octanol–water partition coefficient (Wildman–Crippen LogP) is 6.83. The van der Waals surface area contributed by atoms with Crippen molar-refractivity contribution in [3.05, 3.63) is 82.9 Å². The summed E-state index contributed by atoms with van der Waals surface area (Å²) in [5, 5.41) is 0.724. The van der Waals surface area contributed by atoms with Crippen molar-refractivity contribution in [1.29, 1.82) is 0 Å². The topological polar surface area (TPSA) is 27.1 Å². The molecule has 0 atom stereocenters. The van der Waals surface area contributed by atoms with Crippen LogP contribution in [0.5, 0.6) is 5.75 Å². The molecule has 4 rings (SSSR count). The maximum atomic E-state index is 6.46. The minimum absolute atomic E-state index is 0.705. The van der Waals surface area contributed by atoms with Gasteiger partial charge < -0.3 is 9.30 Å². The van der Waals surface area contributed by atoms with E-state index in [4.69, 9.17) is 21.3 Å². The summed E-state index contributed by atoms with van der Waals surface area (Å²) >= 11 is 6.46. The number of aromatic nitrogens is 2. The summed E-state index contributed by atoms with van der Waals surface area (Å²) in [6, 6.07) is 22.5. The number of imidazole rings is 1. The molecule has 0 N–H and O–H groups in total. The molecule has 0 amide bonds. The Morgan fingerprint density at radius 2 is 1.62 bits per heavy atom. The quantitative estimate of drug-likeness (QED) is 0.315. The Bertz CT molecular complexity index is 1110. The molecule has 0 saturated heterocycles. The molecule has 0 bridgehead atoms. The summed E-state index contributed by atoms with van der Waals surface area (Å²) in [5.41, 5.74) is 5.56. The van der Waals surface area contributed by atoms with E-state index < -0.39 is 0 Å². The third kappa shape index (κ3) is 4.46. The predicted molar refractivity (Wildman–Crippen MR) is 121 cm³/mol. The Morgan fingerprint density at radius 3 is 2.41 bits per heavy atom. The van der Waals surface area contributed by atoms with Gasteiger partial charge in [0.05, 0.1) is 22.7 Å². The maximum absolute atomic E-state index is 6.46. The van der Waals surface area contributed by atoms with Gasteiger partial charge in [0.15, 0.2) is 0 Å². The number of ether oxygens (including phenoxy) is 1. The van der Waals surface area contributed by atoms with Gasteiger partial charge >= 0.3 is 0 Å². The first-order chi connectivity index (χ1) is 14.1. The summed E-state index contributed by atoms with van der Waals surface area (Å²) in [6.07, 6.45) is 1.98. The number of hydrogen-bond acceptors (Lipinski definition) is 2. The van der Waals surface area contributed by atoms with E-state index in [-0.39, 0.29) is 0 Å². The molecule has 0 aliphatic heterocycles. The van der Waals surface area contributed by atoms with Crippen molar-refractivity contribution in [3.8, 4) is 17.1 Å². The molecule has 0 spiro atoms. The normalized spacial score (nSPS) is 11.1. The molecule has 3 aromatic carbocycles. The molecule has 0 aliphatic carbocycles. The van der Waals surface area contributed by atoms with Crippen LogP contribution in [0.3, 0.4) is 0 Å². The Hall–Kier alpha value is -2.78. The van der Waals surface area contributed by atoms with E-state index in [9.17, 15) is 0 Å². The van der Waals surface area contributed by atoms with Crippen LogP contribution in [-0.4, -0.2) is 16.2 Å². The number of rotatable bonds is 7. The lowest BCUT2D eigenvalue weighted by atomic mass is 10.1. The fourth-order valence-corrected chi connectivity index (χ4v) is 3.95. The molecule has 4 heteroatoms. The summed E-state index contributed by atoms with van der Waals surface area (Å²) in [7, 11) is 0. The number of unbranched alkanes of at least 4 members (excludes halogenated alkanes) is 1. The van der Waals surface area contributed by atoms with E-state index in [0.717, 1.165) is 52.6 Å². The second kappa shape index (κ2) is 8.71. The number of halogens is 1. The first-order valence-electron chi connectivity index (χ1n) is 10.0. The van der Waals surface area contributed by atoms with Crippen LogP contribution < -0.4 is 4.74 Å². The smallest absolute Gasteiger partial charge is 0.142 e. The van der Waals surface area contributed by atoms with Gasteiger partial charge in [-0.3, -0.25) is 0 Å². The second-order valence-corrected chi connectivity index (χ2v) is 7.84. The highest BCUT2D eigenvalue weighted by Gasteiger charge is 2.14. The van der Waals surface area contributed by atoms with Crippen LogP contribution in [0.15, 0.2) is 66.7 Å². The van der Waals surface area contributed by atoms with Gasteiger partial charge in [0.2, 0.25) is 0 Å². The molecule has 0 radical (unpaired) electrons. The molecule has 0 unspecified atom stereocenters. The minimum atomic E-state index is 0.705. The molecule has 1 heterocycles. The van der Waals surface area contributed by atoms with Crippen LogP contribution in [-0.2, 0) is 6.54 Å². The van der Waals surface area contributed by atoms with E-state index in [1.54, 1.807) is 0 Å². The molecule has 3 nitrogen and oxygen atoms in total. The van der Waals surface area contributed by atoms with E-state index >= 15 is 0 Å². The molecule has 0 fully saturated rings. The monoisotopic (exact) mass is 404 g/mol. The van der Waals surface area contributed by atoms with Crippen LogP contribution in [0.2, 0.25) is 5.02 Å². The Labute approximate surface area is 176 Å². The zero-order chi connectivity index (χ0) is 20.2. The van der Waals surface area contributed by atoms with Crippen molar-refractivity contribution in [3.63, 3.8) is 0 Å². The number of hydrogen-bond donors (Lipinski definition) is 0. The van der Waals surface area contributed by atoms with Crippen LogP contribution in [0.25, 0.3) is 22.4 Å². The fourth-order valence-electron chi connectivity index (χ4n) is 3.73. The van der Waals surface area contributed by atoms with Crippen LogP contribution in [0.4, 0.5) is 0 Å². The van der Waals surface area contributed by atoms with Gasteiger partial charge in [0, 0.05) is 12.1 Å². The largest absolute Gasteiger partial charge is 0.494 e. The summed E-state index contributed by atoms with van der Waals surface area (Å²) < 4.78 is 8.23. The van der Waals surface area contributed by atoms with Gasteiger partial charge in [-0.25, -0.2) is 4.98 Å². The van der Waals surface area contributed by atoms with E-state index in [1.807, 2.05) is 30.3 Å². The lowest BCUT2D eigenvalue weighted by molar-refractivity contribution is 0.303.